The molecule has 1 aliphatic rings. The molecule has 178 valence electrons. The van der Waals surface area contributed by atoms with Gasteiger partial charge in [0, 0.05) is 17.8 Å². The molecule has 2 unspecified atom stereocenters. The predicted molar refractivity (Wildman–Crippen MR) is 124 cm³/mol. The van der Waals surface area contributed by atoms with E-state index in [9.17, 15) is 22.4 Å². The van der Waals surface area contributed by atoms with Gasteiger partial charge in [0.05, 0.1) is 15.6 Å². The van der Waals surface area contributed by atoms with Gasteiger partial charge in [-0.05, 0) is 69.5 Å². The van der Waals surface area contributed by atoms with E-state index in [0.717, 1.165) is 43.5 Å². The fourth-order valence-electron chi connectivity index (χ4n) is 3.81. The highest BCUT2D eigenvalue weighted by Crippen LogP contribution is 2.31. The first kappa shape index (κ1) is 25.3. The van der Waals surface area contributed by atoms with Gasteiger partial charge in [0.2, 0.25) is 0 Å². The maximum absolute atomic E-state index is 13.1. The number of hydrogen-bond acceptors (Lipinski definition) is 5. The molecule has 1 amide bonds. The molecule has 1 heterocycles. The third-order valence-electron chi connectivity index (χ3n) is 5.44. The van der Waals surface area contributed by atoms with Gasteiger partial charge in [0.1, 0.15) is 10.7 Å². The monoisotopic (exact) mass is 516 g/mol. The summed E-state index contributed by atoms with van der Waals surface area (Å²) < 4.78 is 46.1. The molecule has 0 aliphatic carbocycles. The fraction of sp³-hybridized carbons (Fsp3) is 0.364. The topological polar surface area (TPSA) is 92.8 Å². The van der Waals surface area contributed by atoms with Crippen LogP contribution in [0.2, 0.25) is 10.0 Å². The summed E-state index contributed by atoms with van der Waals surface area (Å²) in [7, 11) is -4.24. The molecular weight excluding hydrogens is 494 g/mol. The van der Waals surface area contributed by atoms with E-state index >= 15 is 0 Å². The molecule has 0 aromatic heterocycles. The lowest BCUT2D eigenvalue weighted by Crippen LogP contribution is -2.49. The lowest BCUT2D eigenvalue weighted by molar-refractivity contribution is -0.140. The Hall–Kier alpha value is -2.36. The molecule has 11 heteroatoms. The SMILES string of the molecule is CC1CCCC(C)N1C(=O)COC(=O)c1cc(S(=O)(=O)Nc2ccc(F)cc2)c(Cl)cc1Cl. The smallest absolute Gasteiger partial charge is 0.340 e. The van der Waals surface area contributed by atoms with E-state index in [0.29, 0.717) is 0 Å². The molecule has 1 N–H and O–H groups in total. The number of carbonyl (C=O) groups excluding carboxylic acids is 2. The summed E-state index contributed by atoms with van der Waals surface area (Å²) in [5.41, 5.74) is -0.157. The number of halogens is 3. The molecule has 0 saturated carbocycles. The number of nitrogens with one attached hydrogen (secondary N) is 1. The lowest BCUT2D eigenvalue weighted by Gasteiger charge is -2.38. The molecule has 2 aromatic carbocycles. The molecule has 33 heavy (non-hydrogen) atoms. The van der Waals surface area contributed by atoms with Crippen molar-refractivity contribution in [1.82, 2.24) is 4.90 Å². The molecule has 1 aliphatic heterocycles. The van der Waals surface area contributed by atoms with Crippen LogP contribution in [0.1, 0.15) is 43.5 Å². The summed E-state index contributed by atoms with van der Waals surface area (Å²) in [6.07, 6.45) is 2.76. The van der Waals surface area contributed by atoms with Crippen molar-refractivity contribution in [3.63, 3.8) is 0 Å². The van der Waals surface area contributed by atoms with E-state index < -0.39 is 33.3 Å². The van der Waals surface area contributed by atoms with Crippen LogP contribution >= 0.6 is 23.2 Å². The van der Waals surface area contributed by atoms with Gasteiger partial charge in [-0.1, -0.05) is 23.2 Å². The van der Waals surface area contributed by atoms with Gasteiger partial charge in [-0.2, -0.15) is 0 Å². The minimum absolute atomic E-state index is 0.0355. The highest BCUT2D eigenvalue weighted by atomic mass is 35.5. The molecule has 3 rings (SSSR count). The van der Waals surface area contributed by atoms with E-state index in [1.807, 2.05) is 13.8 Å². The molecule has 2 aromatic rings. The van der Waals surface area contributed by atoms with Crippen molar-refractivity contribution in [1.29, 1.82) is 0 Å². The average molecular weight is 517 g/mol. The van der Waals surface area contributed by atoms with Crippen LogP contribution in [0.25, 0.3) is 0 Å². The molecule has 0 radical (unpaired) electrons. The minimum atomic E-state index is -4.24. The Morgan fingerprint density at radius 2 is 1.70 bits per heavy atom. The molecule has 0 spiro atoms. The number of anilines is 1. The first-order valence-corrected chi connectivity index (χ1v) is 12.5. The Bertz CT molecular complexity index is 1150. The van der Waals surface area contributed by atoms with Crippen molar-refractivity contribution in [2.45, 2.75) is 50.1 Å². The third kappa shape index (κ3) is 5.96. The maximum atomic E-state index is 13.1. The second-order valence-corrected chi connectivity index (χ2v) is 10.3. The Kier molecular flexibility index (Phi) is 7.87. The first-order valence-electron chi connectivity index (χ1n) is 10.3. The molecule has 1 fully saturated rings. The van der Waals surface area contributed by atoms with Crippen LogP contribution in [0, 0.1) is 5.82 Å². The highest BCUT2D eigenvalue weighted by Gasteiger charge is 2.30. The van der Waals surface area contributed by atoms with Crippen LogP contribution in [0.3, 0.4) is 0 Å². The molecule has 7 nitrogen and oxygen atoms in total. The van der Waals surface area contributed by atoms with Gasteiger partial charge in [-0.3, -0.25) is 9.52 Å². The quantitative estimate of drug-likeness (QED) is 0.552. The number of likely N-dealkylation sites (tertiary alicyclic amines) is 1. The predicted octanol–water partition coefficient (Wildman–Crippen LogP) is 4.88. The van der Waals surface area contributed by atoms with E-state index in [1.165, 1.54) is 12.1 Å². The van der Waals surface area contributed by atoms with Gasteiger partial charge in [0.25, 0.3) is 15.9 Å². The zero-order valence-corrected chi connectivity index (χ0v) is 20.3. The van der Waals surface area contributed by atoms with Gasteiger partial charge < -0.3 is 9.64 Å². The van der Waals surface area contributed by atoms with Gasteiger partial charge >= 0.3 is 5.97 Å². The van der Waals surface area contributed by atoms with Crippen LogP contribution in [0.5, 0.6) is 0 Å². The molecule has 1 saturated heterocycles. The molecule has 0 bridgehead atoms. The summed E-state index contributed by atoms with van der Waals surface area (Å²) in [6.45, 7) is 3.38. The van der Waals surface area contributed by atoms with Crippen LogP contribution < -0.4 is 4.72 Å². The Balaban J connectivity index is 1.78. The number of carbonyl (C=O) groups is 2. The van der Waals surface area contributed by atoms with E-state index in [2.05, 4.69) is 4.72 Å². The number of ether oxygens (including phenoxy) is 1. The van der Waals surface area contributed by atoms with Crippen molar-refractivity contribution in [3.05, 3.63) is 57.8 Å². The Morgan fingerprint density at radius 3 is 2.30 bits per heavy atom. The number of benzene rings is 2. The van der Waals surface area contributed by atoms with Crippen molar-refractivity contribution in [2.24, 2.45) is 0 Å². The third-order valence-corrected chi connectivity index (χ3v) is 7.59. The number of hydrogen-bond donors (Lipinski definition) is 1. The summed E-state index contributed by atoms with van der Waals surface area (Å²) in [5, 5.41) is -0.351. The summed E-state index contributed by atoms with van der Waals surface area (Å²) >= 11 is 12.2. The molecular formula is C22H23Cl2FN2O5S. The normalized spacial score (nSPS) is 18.6. The number of sulfonamides is 1. The van der Waals surface area contributed by atoms with E-state index in [-0.39, 0.29) is 39.3 Å². The Morgan fingerprint density at radius 1 is 1.09 bits per heavy atom. The van der Waals surface area contributed by atoms with Crippen molar-refractivity contribution in [2.75, 3.05) is 11.3 Å². The van der Waals surface area contributed by atoms with Crippen LogP contribution in [0.15, 0.2) is 41.3 Å². The molecule has 2 atom stereocenters. The van der Waals surface area contributed by atoms with Crippen molar-refractivity contribution in [3.8, 4) is 0 Å². The summed E-state index contributed by atoms with van der Waals surface area (Å²) in [4.78, 5) is 26.5. The zero-order chi connectivity index (χ0) is 24.3. The highest BCUT2D eigenvalue weighted by molar-refractivity contribution is 7.92. The number of amides is 1. The van der Waals surface area contributed by atoms with E-state index in [4.69, 9.17) is 27.9 Å². The van der Waals surface area contributed by atoms with Crippen molar-refractivity contribution >= 4 is 50.8 Å². The number of piperidine rings is 1. The second kappa shape index (κ2) is 10.3. The Labute approximate surface area is 201 Å². The average Bonchev–Trinajstić information content (AvgIpc) is 2.73. The number of nitrogens with zero attached hydrogens (tertiary/aromatic N) is 1. The largest absolute Gasteiger partial charge is 0.452 e. The van der Waals surface area contributed by atoms with Gasteiger partial charge in [0.15, 0.2) is 6.61 Å². The fourth-order valence-corrected chi connectivity index (χ4v) is 5.72. The van der Waals surface area contributed by atoms with E-state index in [1.54, 1.807) is 4.90 Å². The number of rotatable bonds is 6. The number of esters is 1. The maximum Gasteiger partial charge on any atom is 0.340 e. The second-order valence-electron chi connectivity index (χ2n) is 7.88. The first-order chi connectivity index (χ1) is 15.5. The van der Waals surface area contributed by atoms with Crippen molar-refractivity contribution < 1.29 is 27.1 Å². The lowest BCUT2D eigenvalue weighted by atomic mass is 9.97. The summed E-state index contributed by atoms with van der Waals surface area (Å²) in [5.74, 6) is -1.82. The van der Waals surface area contributed by atoms with Crippen LogP contribution in [0.4, 0.5) is 10.1 Å². The summed E-state index contributed by atoms with van der Waals surface area (Å²) in [6, 6.07) is 6.81. The van der Waals surface area contributed by atoms with Gasteiger partial charge in [-0.25, -0.2) is 17.6 Å². The minimum Gasteiger partial charge on any atom is -0.452 e. The van der Waals surface area contributed by atoms with Crippen LogP contribution in [-0.4, -0.2) is 43.9 Å². The standard InChI is InChI=1S/C22H23Cl2FN2O5S/c1-13-4-3-5-14(2)27(13)21(28)12-32-22(29)17-10-20(19(24)11-18(17)23)33(30,31)26-16-8-6-15(25)7-9-16/h6-11,13-14,26H,3-5,12H2,1-2H3. The zero-order valence-electron chi connectivity index (χ0n) is 18.0. The van der Waals surface area contributed by atoms with Gasteiger partial charge in [-0.15, -0.1) is 0 Å². The van der Waals surface area contributed by atoms with Crippen LogP contribution in [-0.2, 0) is 19.6 Å².